The molecule has 6 nitrogen and oxygen atoms in total. The molecule has 0 unspecified atom stereocenters. The third kappa shape index (κ3) is 2.91. The summed E-state index contributed by atoms with van der Waals surface area (Å²) in [5, 5.41) is 10.6. The number of allylic oxidation sites excluding steroid dienone is 2. The summed E-state index contributed by atoms with van der Waals surface area (Å²) < 4.78 is 1.06. The van der Waals surface area contributed by atoms with Gasteiger partial charge in [0.15, 0.2) is 0 Å². The summed E-state index contributed by atoms with van der Waals surface area (Å²) in [6, 6.07) is 17.2. The molecular formula is C22H17N3O3. The Morgan fingerprint density at radius 3 is 2.54 bits per heavy atom. The van der Waals surface area contributed by atoms with Crippen LogP contribution in [-0.2, 0) is 6.54 Å². The maximum atomic E-state index is 12.4. The quantitative estimate of drug-likeness (QED) is 0.691. The highest BCUT2D eigenvalue weighted by Crippen LogP contribution is 2.38. The van der Waals surface area contributed by atoms with Crippen molar-refractivity contribution in [1.82, 2.24) is 9.55 Å². The largest absolute Gasteiger partial charge is 0.494 e. The molecule has 28 heavy (non-hydrogen) atoms. The van der Waals surface area contributed by atoms with Gasteiger partial charge in [0, 0.05) is 23.2 Å². The van der Waals surface area contributed by atoms with Gasteiger partial charge in [0.1, 0.15) is 5.56 Å². The number of aliphatic imine (C=N–C) groups is 1. The van der Waals surface area contributed by atoms with Crippen LogP contribution < -0.4 is 11.2 Å². The Labute approximate surface area is 160 Å². The molecule has 1 aromatic heterocycles. The predicted octanol–water partition coefficient (Wildman–Crippen LogP) is 3.10. The van der Waals surface area contributed by atoms with Crippen molar-refractivity contribution in [2.24, 2.45) is 4.99 Å². The highest BCUT2D eigenvalue weighted by atomic mass is 16.3. The van der Waals surface area contributed by atoms with Crippen molar-refractivity contribution in [2.45, 2.75) is 6.54 Å². The topological polar surface area (TPSA) is 87.4 Å². The number of aromatic amines is 1. The van der Waals surface area contributed by atoms with Crippen LogP contribution in [0.2, 0.25) is 0 Å². The van der Waals surface area contributed by atoms with Gasteiger partial charge in [-0.25, -0.2) is 9.79 Å². The van der Waals surface area contributed by atoms with Gasteiger partial charge in [0.2, 0.25) is 5.88 Å². The maximum absolute atomic E-state index is 12.4. The molecule has 0 fully saturated rings. The second-order valence-electron chi connectivity index (χ2n) is 6.30. The highest BCUT2D eigenvalue weighted by molar-refractivity contribution is 6.39. The molecule has 4 rings (SSSR count). The van der Waals surface area contributed by atoms with Gasteiger partial charge in [-0.15, -0.1) is 6.58 Å². The summed E-state index contributed by atoms with van der Waals surface area (Å²) >= 11 is 0. The number of hydrogen-bond donors (Lipinski definition) is 2. The van der Waals surface area contributed by atoms with Crippen LogP contribution >= 0.6 is 0 Å². The highest BCUT2D eigenvalue weighted by Gasteiger charge is 2.23. The fourth-order valence-corrected chi connectivity index (χ4v) is 3.22. The molecule has 0 radical (unpaired) electrons. The van der Waals surface area contributed by atoms with Gasteiger partial charge in [0.05, 0.1) is 11.4 Å². The van der Waals surface area contributed by atoms with E-state index in [4.69, 9.17) is 4.99 Å². The monoisotopic (exact) mass is 371 g/mol. The molecule has 6 heteroatoms. The Hall–Kier alpha value is -3.93. The molecule has 138 valence electrons. The molecule has 2 N–H and O–H groups in total. The number of nitrogens with zero attached hydrogens (tertiary/aromatic N) is 2. The minimum absolute atomic E-state index is 0.00298. The van der Waals surface area contributed by atoms with E-state index >= 15 is 0 Å². The summed E-state index contributed by atoms with van der Waals surface area (Å²) in [5.74, 6) is -0.405. The molecule has 1 aliphatic rings. The van der Waals surface area contributed by atoms with E-state index in [9.17, 15) is 14.7 Å². The predicted molar refractivity (Wildman–Crippen MR) is 110 cm³/mol. The number of hydrogen-bond acceptors (Lipinski definition) is 4. The van der Waals surface area contributed by atoms with E-state index in [1.807, 2.05) is 54.6 Å². The number of aromatic nitrogens is 2. The van der Waals surface area contributed by atoms with Gasteiger partial charge in [-0.3, -0.25) is 14.3 Å². The summed E-state index contributed by atoms with van der Waals surface area (Å²) in [5.41, 5.74) is 2.57. The SMILES string of the molecule is C=CCn1c(O)c(/C=C2/C(c3ccccc3)=Nc3ccccc32)c(=O)[nH]c1=O. The lowest BCUT2D eigenvalue weighted by molar-refractivity contribution is 0.409. The van der Waals surface area contributed by atoms with Gasteiger partial charge in [0.25, 0.3) is 5.56 Å². The fourth-order valence-electron chi connectivity index (χ4n) is 3.22. The molecule has 0 aliphatic carbocycles. The number of H-pyrrole nitrogens is 1. The molecule has 2 aromatic carbocycles. The number of benzene rings is 2. The third-order valence-electron chi connectivity index (χ3n) is 4.54. The average molecular weight is 371 g/mol. The minimum Gasteiger partial charge on any atom is -0.494 e. The lowest BCUT2D eigenvalue weighted by Crippen LogP contribution is -2.31. The second-order valence-corrected chi connectivity index (χ2v) is 6.30. The summed E-state index contributed by atoms with van der Waals surface area (Å²) in [6.07, 6.45) is 3.04. The third-order valence-corrected chi connectivity index (χ3v) is 4.54. The number of rotatable bonds is 4. The summed E-state index contributed by atoms with van der Waals surface area (Å²) in [4.78, 5) is 31.4. The van der Waals surface area contributed by atoms with E-state index in [1.54, 1.807) is 6.08 Å². The first-order valence-corrected chi connectivity index (χ1v) is 8.72. The zero-order valence-corrected chi connectivity index (χ0v) is 14.9. The van der Waals surface area contributed by atoms with Crippen molar-refractivity contribution in [3.63, 3.8) is 0 Å². The van der Waals surface area contributed by atoms with Crippen LogP contribution in [0.5, 0.6) is 5.88 Å². The normalized spacial score (nSPS) is 14.0. The standard InChI is InChI=1S/C22H17N3O3/c1-2-12-25-21(27)17(20(26)24-22(25)28)13-16-15-10-6-7-11-18(15)23-19(16)14-8-4-3-5-9-14/h2-11,13,27H,1,12H2,(H,24,26,28)/b16-13+. The van der Waals surface area contributed by atoms with E-state index in [-0.39, 0.29) is 12.1 Å². The molecule has 0 spiro atoms. The van der Waals surface area contributed by atoms with Gasteiger partial charge in [-0.2, -0.15) is 0 Å². The lowest BCUT2D eigenvalue weighted by atomic mass is 9.96. The fraction of sp³-hybridized carbons (Fsp3) is 0.0455. The van der Waals surface area contributed by atoms with Crippen LogP contribution in [0.3, 0.4) is 0 Å². The zero-order valence-electron chi connectivity index (χ0n) is 14.9. The first-order valence-electron chi connectivity index (χ1n) is 8.72. The first kappa shape index (κ1) is 17.5. The van der Waals surface area contributed by atoms with Crippen LogP contribution in [0.4, 0.5) is 5.69 Å². The smallest absolute Gasteiger partial charge is 0.331 e. The summed E-state index contributed by atoms with van der Waals surface area (Å²) in [6.45, 7) is 3.65. The summed E-state index contributed by atoms with van der Waals surface area (Å²) in [7, 11) is 0. The molecule has 1 aliphatic heterocycles. The maximum Gasteiger partial charge on any atom is 0.331 e. The minimum atomic E-state index is -0.687. The van der Waals surface area contributed by atoms with Crippen molar-refractivity contribution >= 4 is 23.0 Å². The zero-order chi connectivity index (χ0) is 19.7. The molecule has 0 atom stereocenters. The van der Waals surface area contributed by atoms with E-state index in [2.05, 4.69) is 11.6 Å². The van der Waals surface area contributed by atoms with Crippen molar-refractivity contribution in [3.8, 4) is 5.88 Å². The first-order chi connectivity index (χ1) is 13.6. The molecule has 0 saturated heterocycles. The van der Waals surface area contributed by atoms with Crippen molar-refractivity contribution in [2.75, 3.05) is 0 Å². The van der Waals surface area contributed by atoms with Gasteiger partial charge >= 0.3 is 5.69 Å². The van der Waals surface area contributed by atoms with E-state index in [1.165, 1.54) is 6.08 Å². The Morgan fingerprint density at radius 1 is 1.07 bits per heavy atom. The van der Waals surface area contributed by atoms with Crippen molar-refractivity contribution in [3.05, 3.63) is 105 Å². The lowest BCUT2D eigenvalue weighted by Gasteiger charge is -2.09. The van der Waals surface area contributed by atoms with E-state index in [0.29, 0.717) is 11.3 Å². The molecule has 3 aromatic rings. The average Bonchev–Trinajstić information content (AvgIpc) is 3.07. The Kier molecular flexibility index (Phi) is 4.37. The number of nitrogens with one attached hydrogen (secondary N) is 1. The van der Waals surface area contributed by atoms with Crippen LogP contribution in [0.25, 0.3) is 11.6 Å². The van der Waals surface area contributed by atoms with Crippen LogP contribution in [0, 0.1) is 0 Å². The van der Waals surface area contributed by atoms with E-state index < -0.39 is 17.1 Å². The Bertz CT molecular complexity index is 1250. The number of aromatic hydroxyl groups is 1. The molecular weight excluding hydrogens is 354 g/mol. The Morgan fingerprint density at radius 2 is 1.79 bits per heavy atom. The van der Waals surface area contributed by atoms with Gasteiger partial charge < -0.3 is 5.11 Å². The van der Waals surface area contributed by atoms with Crippen molar-refractivity contribution in [1.29, 1.82) is 0 Å². The molecule has 0 bridgehead atoms. The molecule has 0 saturated carbocycles. The van der Waals surface area contributed by atoms with E-state index in [0.717, 1.165) is 21.4 Å². The molecule has 0 amide bonds. The van der Waals surface area contributed by atoms with Crippen molar-refractivity contribution < 1.29 is 5.11 Å². The van der Waals surface area contributed by atoms with Crippen LogP contribution in [0.15, 0.2) is 81.8 Å². The van der Waals surface area contributed by atoms with Gasteiger partial charge in [-0.05, 0) is 12.1 Å². The number of fused-ring (bicyclic) bond motifs is 1. The van der Waals surface area contributed by atoms with Gasteiger partial charge in [-0.1, -0.05) is 54.6 Å². The molecule has 2 heterocycles. The van der Waals surface area contributed by atoms with Crippen LogP contribution in [0.1, 0.15) is 16.7 Å². The number of para-hydroxylation sites is 1. The second kappa shape index (κ2) is 7.00. The Balaban J connectivity index is 1.97. The van der Waals surface area contributed by atoms with Crippen LogP contribution in [-0.4, -0.2) is 20.4 Å².